The molecule has 1 amide bonds. The number of nitrogens with zero attached hydrogens (tertiary/aromatic N) is 5. The highest BCUT2D eigenvalue weighted by molar-refractivity contribution is 5.99. The first kappa shape index (κ1) is 21.0. The fourth-order valence-electron chi connectivity index (χ4n) is 5.47. The van der Waals surface area contributed by atoms with Crippen molar-refractivity contribution >= 4 is 40.4 Å². The minimum Gasteiger partial charge on any atom is -0.351 e. The molecule has 1 aromatic carbocycles. The van der Waals surface area contributed by atoms with Crippen LogP contribution in [0.15, 0.2) is 47.6 Å². The highest BCUT2D eigenvalue weighted by Crippen LogP contribution is 2.39. The molecule has 1 atom stereocenters. The number of amides is 1. The van der Waals surface area contributed by atoms with Crippen LogP contribution in [-0.4, -0.2) is 70.1 Å². The third kappa shape index (κ3) is 3.98. The lowest BCUT2D eigenvalue weighted by atomic mass is 9.86. The number of fused-ring (bicyclic) bond motifs is 1. The van der Waals surface area contributed by atoms with E-state index in [-0.39, 0.29) is 11.3 Å². The number of hydrogen-bond donors (Lipinski definition) is 2. The van der Waals surface area contributed by atoms with Crippen LogP contribution in [0.5, 0.6) is 0 Å². The molecule has 3 aromatic rings. The maximum absolute atomic E-state index is 13.2. The molecule has 0 aliphatic carbocycles. The fraction of sp³-hybridized carbons (Fsp3) is 0.385. The second kappa shape index (κ2) is 8.36. The summed E-state index contributed by atoms with van der Waals surface area (Å²) in [5.74, 6) is 0.615. The number of aliphatic imine (C=N–C) groups is 1. The van der Waals surface area contributed by atoms with Crippen molar-refractivity contribution in [3.63, 3.8) is 0 Å². The zero-order valence-corrected chi connectivity index (χ0v) is 19.4. The topological polar surface area (TPSA) is 89.5 Å². The standard InChI is InChI=1S/C26H29N7O/c1-32-12-8-26(16-32)9-13-33(17-26)24(34)23-15-18-14-19(5-6-20(18)30-23)29-25-28-11-7-22(31-25)21-4-2-3-10-27-21/h4-7,10-11,14-15,30H,2-3,8-9,12-13,16-17H2,1H3,(H,28,29,31). The maximum Gasteiger partial charge on any atom is 0.270 e. The molecule has 1 unspecified atom stereocenters. The summed E-state index contributed by atoms with van der Waals surface area (Å²) in [6, 6.07) is 9.81. The first-order valence-electron chi connectivity index (χ1n) is 12.0. The number of hydrogen-bond acceptors (Lipinski definition) is 6. The van der Waals surface area contributed by atoms with Crippen molar-refractivity contribution in [3.8, 4) is 0 Å². The third-order valence-electron chi connectivity index (χ3n) is 7.24. The van der Waals surface area contributed by atoms with Gasteiger partial charge in [0.1, 0.15) is 5.69 Å². The summed E-state index contributed by atoms with van der Waals surface area (Å²) in [7, 11) is 2.17. The van der Waals surface area contributed by atoms with E-state index in [2.05, 4.69) is 43.3 Å². The van der Waals surface area contributed by atoms with E-state index in [4.69, 9.17) is 0 Å². The van der Waals surface area contributed by atoms with Crippen LogP contribution in [0.3, 0.4) is 0 Å². The second-order valence-electron chi connectivity index (χ2n) is 9.82. The summed E-state index contributed by atoms with van der Waals surface area (Å²) < 4.78 is 0. The van der Waals surface area contributed by atoms with Gasteiger partial charge in [-0.2, -0.15) is 0 Å². The van der Waals surface area contributed by atoms with Crippen LogP contribution in [0.1, 0.15) is 41.9 Å². The molecular formula is C26H29N7O. The van der Waals surface area contributed by atoms with Gasteiger partial charge in [-0.1, -0.05) is 6.08 Å². The van der Waals surface area contributed by atoms with Crippen LogP contribution in [0.2, 0.25) is 0 Å². The van der Waals surface area contributed by atoms with E-state index in [0.29, 0.717) is 11.6 Å². The molecule has 5 heterocycles. The van der Waals surface area contributed by atoms with Crippen molar-refractivity contribution in [1.29, 1.82) is 0 Å². The quantitative estimate of drug-likeness (QED) is 0.619. The molecule has 2 aromatic heterocycles. The SMILES string of the molecule is CN1CCC2(CCN(C(=O)c3cc4cc(Nc5nccc(C6=CCCC=N6)n5)ccc4[nH]3)C2)C1. The van der Waals surface area contributed by atoms with Gasteiger partial charge in [0, 0.05) is 54.1 Å². The van der Waals surface area contributed by atoms with Gasteiger partial charge in [-0.3, -0.25) is 9.79 Å². The van der Waals surface area contributed by atoms with Gasteiger partial charge in [0.25, 0.3) is 5.91 Å². The van der Waals surface area contributed by atoms with E-state index in [0.717, 1.165) is 73.4 Å². The van der Waals surface area contributed by atoms with E-state index in [1.54, 1.807) is 6.20 Å². The highest BCUT2D eigenvalue weighted by atomic mass is 16.2. The van der Waals surface area contributed by atoms with E-state index in [1.165, 1.54) is 6.42 Å². The number of benzene rings is 1. The zero-order chi connectivity index (χ0) is 23.1. The molecule has 3 aliphatic rings. The van der Waals surface area contributed by atoms with Gasteiger partial charge in [-0.15, -0.1) is 0 Å². The smallest absolute Gasteiger partial charge is 0.270 e. The summed E-state index contributed by atoms with van der Waals surface area (Å²) in [6.45, 7) is 3.91. The average molecular weight is 456 g/mol. The average Bonchev–Trinajstić information content (AvgIpc) is 3.57. The number of rotatable bonds is 4. The molecule has 8 heteroatoms. The van der Waals surface area contributed by atoms with Crippen molar-refractivity contribution in [2.75, 3.05) is 38.5 Å². The minimum absolute atomic E-state index is 0.0921. The maximum atomic E-state index is 13.2. The molecule has 2 fully saturated rings. The van der Waals surface area contributed by atoms with E-state index in [9.17, 15) is 4.79 Å². The number of allylic oxidation sites excluding steroid dienone is 1. The molecule has 0 bridgehead atoms. The molecule has 0 saturated carbocycles. The monoisotopic (exact) mass is 455 g/mol. The molecule has 3 aliphatic heterocycles. The lowest BCUT2D eigenvalue weighted by Crippen LogP contribution is -2.33. The number of anilines is 2. The first-order chi connectivity index (χ1) is 16.6. The Hall–Kier alpha value is -3.52. The molecule has 0 radical (unpaired) electrons. The van der Waals surface area contributed by atoms with Crippen molar-refractivity contribution in [3.05, 3.63) is 54.0 Å². The number of H-pyrrole nitrogens is 1. The zero-order valence-electron chi connectivity index (χ0n) is 19.4. The number of carbonyl (C=O) groups is 1. The molecular weight excluding hydrogens is 426 g/mol. The van der Waals surface area contributed by atoms with Gasteiger partial charge in [0.2, 0.25) is 5.95 Å². The number of aromatic nitrogens is 3. The lowest BCUT2D eigenvalue weighted by molar-refractivity contribution is 0.0769. The summed E-state index contributed by atoms with van der Waals surface area (Å²) in [6.07, 6.45) is 10.00. The number of aromatic amines is 1. The Morgan fingerprint density at radius 1 is 1.12 bits per heavy atom. The number of likely N-dealkylation sites (tertiary alicyclic amines) is 2. The largest absolute Gasteiger partial charge is 0.351 e. The van der Waals surface area contributed by atoms with Crippen LogP contribution < -0.4 is 5.32 Å². The molecule has 8 nitrogen and oxygen atoms in total. The fourth-order valence-corrected chi connectivity index (χ4v) is 5.47. The van der Waals surface area contributed by atoms with Crippen LogP contribution in [0, 0.1) is 5.41 Å². The van der Waals surface area contributed by atoms with Crippen molar-refractivity contribution in [2.24, 2.45) is 10.4 Å². The van der Waals surface area contributed by atoms with Gasteiger partial charge in [0.05, 0.1) is 11.4 Å². The van der Waals surface area contributed by atoms with Crippen LogP contribution in [0.25, 0.3) is 16.6 Å². The summed E-state index contributed by atoms with van der Waals surface area (Å²) in [5.41, 5.74) is 4.43. The Balaban J connectivity index is 1.18. The minimum atomic E-state index is 0.0921. The Kier molecular flexibility index (Phi) is 5.17. The van der Waals surface area contributed by atoms with E-state index >= 15 is 0 Å². The van der Waals surface area contributed by atoms with Gasteiger partial charge in [-0.05, 0) is 69.6 Å². The van der Waals surface area contributed by atoms with Crippen molar-refractivity contribution in [1.82, 2.24) is 24.8 Å². The number of nitrogens with one attached hydrogen (secondary N) is 2. The van der Waals surface area contributed by atoms with E-state index < -0.39 is 0 Å². The molecule has 2 N–H and O–H groups in total. The van der Waals surface area contributed by atoms with Gasteiger partial charge >= 0.3 is 0 Å². The normalized spacial score (nSPS) is 22.6. The molecule has 2 saturated heterocycles. The van der Waals surface area contributed by atoms with Crippen LogP contribution in [-0.2, 0) is 0 Å². The lowest BCUT2D eigenvalue weighted by Gasteiger charge is -2.23. The van der Waals surface area contributed by atoms with Gasteiger partial charge in [-0.25, -0.2) is 9.97 Å². The highest BCUT2D eigenvalue weighted by Gasteiger charge is 2.44. The van der Waals surface area contributed by atoms with Gasteiger partial charge < -0.3 is 20.1 Å². The molecule has 34 heavy (non-hydrogen) atoms. The van der Waals surface area contributed by atoms with Gasteiger partial charge in [0.15, 0.2) is 0 Å². The Labute approximate surface area is 198 Å². The van der Waals surface area contributed by atoms with Crippen LogP contribution in [0.4, 0.5) is 11.6 Å². The molecule has 174 valence electrons. The predicted molar refractivity (Wildman–Crippen MR) is 134 cm³/mol. The first-order valence-corrected chi connectivity index (χ1v) is 12.0. The predicted octanol–water partition coefficient (Wildman–Crippen LogP) is 4.07. The van der Waals surface area contributed by atoms with Crippen molar-refractivity contribution in [2.45, 2.75) is 25.7 Å². The third-order valence-corrected chi connectivity index (χ3v) is 7.24. The Morgan fingerprint density at radius 2 is 2.03 bits per heavy atom. The Bertz CT molecular complexity index is 1310. The number of carbonyl (C=O) groups excluding carboxylic acids is 1. The van der Waals surface area contributed by atoms with E-state index in [1.807, 2.05) is 41.4 Å². The molecule has 6 rings (SSSR count). The molecule has 1 spiro atoms. The summed E-state index contributed by atoms with van der Waals surface area (Å²) in [4.78, 5) is 34.4. The Morgan fingerprint density at radius 3 is 2.85 bits per heavy atom. The van der Waals surface area contributed by atoms with Crippen LogP contribution >= 0.6 is 0 Å². The van der Waals surface area contributed by atoms with Crippen molar-refractivity contribution < 1.29 is 4.79 Å². The second-order valence-corrected chi connectivity index (χ2v) is 9.82. The summed E-state index contributed by atoms with van der Waals surface area (Å²) >= 11 is 0. The summed E-state index contributed by atoms with van der Waals surface area (Å²) in [5, 5.41) is 4.28.